The molecule has 0 bridgehead atoms. The lowest BCUT2D eigenvalue weighted by Crippen LogP contribution is -2.08. The van der Waals surface area contributed by atoms with E-state index in [2.05, 4.69) is 38.0 Å². The fourth-order valence-electron chi connectivity index (χ4n) is 1.11. The molecule has 0 amide bonds. The minimum absolute atomic E-state index is 0.832. The van der Waals surface area contributed by atoms with Crippen molar-refractivity contribution < 1.29 is 0 Å². The van der Waals surface area contributed by atoms with E-state index in [0.717, 1.165) is 25.1 Å². The summed E-state index contributed by atoms with van der Waals surface area (Å²) in [6.45, 7) is 10.4. The zero-order valence-corrected chi connectivity index (χ0v) is 9.24. The second kappa shape index (κ2) is 7.99. The standard InChI is InChI=1S/C11H19NS/c1-4-6-10(3)11(9-13)7-8-12-5-2/h4-5,12-13H,1-2,6-9H2,3H3/b11-10+. The number of thiol groups is 1. The fourth-order valence-corrected chi connectivity index (χ4v) is 1.54. The number of nitrogens with one attached hydrogen (secondary N) is 1. The molecular formula is C11H19NS. The molecule has 0 heterocycles. The van der Waals surface area contributed by atoms with Gasteiger partial charge in [0.2, 0.25) is 0 Å². The Kier molecular flexibility index (Phi) is 7.60. The van der Waals surface area contributed by atoms with Gasteiger partial charge < -0.3 is 5.32 Å². The van der Waals surface area contributed by atoms with Gasteiger partial charge >= 0.3 is 0 Å². The lowest BCUT2D eigenvalue weighted by molar-refractivity contribution is 0.817. The van der Waals surface area contributed by atoms with Gasteiger partial charge in [-0.25, -0.2) is 0 Å². The zero-order chi connectivity index (χ0) is 10.1. The van der Waals surface area contributed by atoms with Crippen molar-refractivity contribution >= 4 is 12.6 Å². The molecular weight excluding hydrogens is 178 g/mol. The molecule has 0 atom stereocenters. The van der Waals surface area contributed by atoms with Gasteiger partial charge in [0.15, 0.2) is 0 Å². The molecule has 0 spiro atoms. The molecule has 0 aromatic rings. The Balaban J connectivity index is 4.05. The van der Waals surface area contributed by atoms with E-state index in [1.165, 1.54) is 11.1 Å². The van der Waals surface area contributed by atoms with Gasteiger partial charge in [0.05, 0.1) is 0 Å². The first kappa shape index (κ1) is 12.4. The molecule has 13 heavy (non-hydrogen) atoms. The lowest BCUT2D eigenvalue weighted by atomic mass is 10.1. The van der Waals surface area contributed by atoms with E-state index < -0.39 is 0 Å². The third-order valence-corrected chi connectivity index (χ3v) is 2.34. The molecule has 0 saturated carbocycles. The van der Waals surface area contributed by atoms with Gasteiger partial charge in [-0.1, -0.05) is 23.8 Å². The molecule has 1 N–H and O–H groups in total. The van der Waals surface area contributed by atoms with Gasteiger partial charge in [0.25, 0.3) is 0 Å². The third kappa shape index (κ3) is 5.58. The van der Waals surface area contributed by atoms with Crippen LogP contribution in [0, 0.1) is 0 Å². The van der Waals surface area contributed by atoms with Crippen LogP contribution in [0.3, 0.4) is 0 Å². The molecule has 0 aromatic carbocycles. The van der Waals surface area contributed by atoms with Crippen LogP contribution in [0.2, 0.25) is 0 Å². The number of hydrogen-bond acceptors (Lipinski definition) is 2. The summed E-state index contributed by atoms with van der Waals surface area (Å²) in [6.07, 6.45) is 5.65. The van der Waals surface area contributed by atoms with E-state index in [4.69, 9.17) is 0 Å². The summed E-state index contributed by atoms with van der Waals surface area (Å²) in [7, 11) is 0. The molecule has 0 rings (SSSR count). The fraction of sp³-hybridized carbons (Fsp3) is 0.455. The van der Waals surface area contributed by atoms with Crippen LogP contribution in [0.5, 0.6) is 0 Å². The summed E-state index contributed by atoms with van der Waals surface area (Å²) in [6, 6.07) is 0. The summed E-state index contributed by atoms with van der Waals surface area (Å²) in [4.78, 5) is 0. The van der Waals surface area contributed by atoms with Crippen LogP contribution >= 0.6 is 12.6 Å². The van der Waals surface area contributed by atoms with Crippen molar-refractivity contribution in [2.45, 2.75) is 19.8 Å². The molecule has 0 unspecified atom stereocenters. The van der Waals surface area contributed by atoms with E-state index in [-0.39, 0.29) is 0 Å². The average Bonchev–Trinajstić information content (AvgIpc) is 2.13. The summed E-state index contributed by atoms with van der Waals surface area (Å²) < 4.78 is 0. The molecule has 1 nitrogen and oxygen atoms in total. The summed E-state index contributed by atoms with van der Waals surface area (Å²) in [5, 5.41) is 3.08. The van der Waals surface area contributed by atoms with E-state index >= 15 is 0 Å². The minimum atomic E-state index is 0.832. The van der Waals surface area contributed by atoms with Gasteiger partial charge in [-0.15, -0.1) is 6.58 Å². The van der Waals surface area contributed by atoms with E-state index in [1.54, 1.807) is 6.20 Å². The summed E-state index contributed by atoms with van der Waals surface area (Å²) in [5.41, 5.74) is 2.79. The maximum absolute atomic E-state index is 4.30. The number of hydrogen-bond donors (Lipinski definition) is 2. The van der Waals surface area contributed by atoms with E-state index in [9.17, 15) is 0 Å². The second-order valence-corrected chi connectivity index (χ2v) is 3.26. The molecule has 0 aliphatic heterocycles. The molecule has 2 heteroatoms. The van der Waals surface area contributed by atoms with Crippen molar-refractivity contribution in [3.8, 4) is 0 Å². The Morgan fingerprint density at radius 3 is 2.62 bits per heavy atom. The van der Waals surface area contributed by atoms with Gasteiger partial charge in [0, 0.05) is 12.3 Å². The normalized spacial score (nSPS) is 11.8. The quantitative estimate of drug-likeness (QED) is 0.363. The van der Waals surface area contributed by atoms with Gasteiger partial charge in [-0.2, -0.15) is 12.6 Å². The SMILES string of the molecule is C=CC/C(C)=C(/CS)CCNC=C. The first-order valence-electron chi connectivity index (χ1n) is 4.49. The lowest BCUT2D eigenvalue weighted by Gasteiger charge is -2.08. The highest BCUT2D eigenvalue weighted by molar-refractivity contribution is 7.80. The highest BCUT2D eigenvalue weighted by atomic mass is 32.1. The van der Waals surface area contributed by atoms with Crippen molar-refractivity contribution in [2.24, 2.45) is 0 Å². The van der Waals surface area contributed by atoms with Crippen molar-refractivity contribution in [1.29, 1.82) is 0 Å². The molecule has 0 aromatic heterocycles. The third-order valence-electron chi connectivity index (χ3n) is 1.96. The topological polar surface area (TPSA) is 12.0 Å². The summed E-state index contributed by atoms with van der Waals surface area (Å²) >= 11 is 4.30. The first-order valence-corrected chi connectivity index (χ1v) is 5.13. The Morgan fingerprint density at radius 1 is 1.46 bits per heavy atom. The Bertz CT molecular complexity index is 194. The van der Waals surface area contributed by atoms with Crippen LogP contribution in [-0.2, 0) is 0 Å². The van der Waals surface area contributed by atoms with Crippen molar-refractivity contribution in [3.05, 3.63) is 36.6 Å². The Morgan fingerprint density at radius 2 is 2.15 bits per heavy atom. The van der Waals surface area contributed by atoms with Crippen LogP contribution in [-0.4, -0.2) is 12.3 Å². The first-order chi connectivity index (χ1) is 6.26. The Labute approximate surface area is 87.0 Å². The van der Waals surface area contributed by atoms with Gasteiger partial charge in [0.1, 0.15) is 0 Å². The van der Waals surface area contributed by atoms with Crippen molar-refractivity contribution in [3.63, 3.8) is 0 Å². The number of allylic oxidation sites excluding steroid dienone is 2. The second-order valence-electron chi connectivity index (χ2n) is 2.94. The molecule has 0 saturated heterocycles. The molecule has 0 radical (unpaired) electrons. The molecule has 0 aliphatic rings. The van der Waals surface area contributed by atoms with Crippen LogP contribution in [0.4, 0.5) is 0 Å². The predicted molar refractivity (Wildman–Crippen MR) is 64.2 cm³/mol. The largest absolute Gasteiger partial charge is 0.391 e. The van der Waals surface area contributed by atoms with Crippen LogP contribution in [0.25, 0.3) is 0 Å². The van der Waals surface area contributed by atoms with E-state index in [0.29, 0.717) is 0 Å². The maximum atomic E-state index is 4.30. The average molecular weight is 197 g/mol. The molecule has 0 aliphatic carbocycles. The highest BCUT2D eigenvalue weighted by Crippen LogP contribution is 2.13. The highest BCUT2D eigenvalue weighted by Gasteiger charge is 1.98. The predicted octanol–water partition coefficient (Wildman–Crippen LogP) is 2.93. The smallest absolute Gasteiger partial charge is 0.0178 e. The molecule has 0 fully saturated rings. The van der Waals surface area contributed by atoms with Crippen molar-refractivity contribution in [1.82, 2.24) is 5.32 Å². The van der Waals surface area contributed by atoms with Crippen LogP contribution in [0.15, 0.2) is 36.6 Å². The summed E-state index contributed by atoms with van der Waals surface area (Å²) in [5.74, 6) is 0.832. The van der Waals surface area contributed by atoms with Gasteiger partial charge in [-0.05, 0) is 26.0 Å². The van der Waals surface area contributed by atoms with Crippen molar-refractivity contribution in [2.75, 3.05) is 12.3 Å². The maximum Gasteiger partial charge on any atom is 0.0178 e. The molecule has 74 valence electrons. The minimum Gasteiger partial charge on any atom is -0.391 e. The van der Waals surface area contributed by atoms with Crippen LogP contribution in [0.1, 0.15) is 19.8 Å². The van der Waals surface area contributed by atoms with Crippen LogP contribution < -0.4 is 5.32 Å². The monoisotopic (exact) mass is 197 g/mol. The Hall–Kier alpha value is -0.630. The van der Waals surface area contributed by atoms with Gasteiger partial charge in [-0.3, -0.25) is 0 Å². The van der Waals surface area contributed by atoms with E-state index in [1.807, 2.05) is 6.08 Å². The zero-order valence-electron chi connectivity index (χ0n) is 8.34. The number of rotatable bonds is 7.